The molecule has 1 aliphatic heterocycles. The van der Waals surface area contributed by atoms with E-state index in [1.54, 1.807) is 0 Å². The molecule has 0 radical (unpaired) electrons. The summed E-state index contributed by atoms with van der Waals surface area (Å²) in [5, 5.41) is 3.41. The van der Waals surface area contributed by atoms with Gasteiger partial charge in [-0.3, -0.25) is 0 Å². The highest BCUT2D eigenvalue weighted by molar-refractivity contribution is 4.64. The summed E-state index contributed by atoms with van der Waals surface area (Å²) in [5.74, 6) is 0. The lowest BCUT2D eigenvalue weighted by molar-refractivity contribution is -0.0168. The molecule has 0 aromatic carbocycles. The van der Waals surface area contributed by atoms with Gasteiger partial charge >= 0.3 is 0 Å². The van der Waals surface area contributed by atoms with E-state index in [9.17, 15) is 0 Å². The molecule has 2 unspecified atom stereocenters. The molecule has 1 heterocycles. The van der Waals surface area contributed by atoms with E-state index in [1.807, 2.05) is 0 Å². The van der Waals surface area contributed by atoms with Crippen molar-refractivity contribution in [2.75, 3.05) is 26.3 Å². The van der Waals surface area contributed by atoms with Crippen LogP contribution >= 0.6 is 0 Å². The summed E-state index contributed by atoms with van der Waals surface area (Å²) in [7, 11) is 0. The monoisotopic (exact) mass is 229 g/mol. The Morgan fingerprint density at radius 2 is 2.31 bits per heavy atom. The van der Waals surface area contributed by atoms with Crippen molar-refractivity contribution in [1.29, 1.82) is 0 Å². The maximum Gasteiger partial charge on any atom is 0.0809 e. The average molecular weight is 229 g/mol. The zero-order chi connectivity index (χ0) is 11.6. The molecule has 1 rings (SSSR count). The number of hydrogen-bond acceptors (Lipinski definition) is 3. The molecule has 0 aromatic rings. The summed E-state index contributed by atoms with van der Waals surface area (Å²) in [4.78, 5) is 0. The predicted octanol–water partition coefficient (Wildman–Crippen LogP) is 2.35. The van der Waals surface area contributed by atoms with Crippen molar-refractivity contribution in [3.8, 4) is 0 Å². The predicted molar refractivity (Wildman–Crippen MR) is 66.8 cm³/mol. The standard InChI is InChI=1S/C13H27NO2/c1-3-8-14-9-4-6-12(2)16-11-13-7-5-10-15-13/h12-14H,3-11H2,1-2H3. The second kappa shape index (κ2) is 8.97. The molecule has 1 saturated heterocycles. The molecule has 0 aliphatic carbocycles. The van der Waals surface area contributed by atoms with E-state index in [4.69, 9.17) is 9.47 Å². The molecule has 3 nitrogen and oxygen atoms in total. The maximum absolute atomic E-state index is 5.78. The van der Waals surface area contributed by atoms with E-state index in [-0.39, 0.29) is 0 Å². The molecular weight excluding hydrogens is 202 g/mol. The Kier molecular flexibility index (Phi) is 7.81. The molecular formula is C13H27NO2. The first-order valence-corrected chi connectivity index (χ1v) is 6.77. The third kappa shape index (κ3) is 6.46. The van der Waals surface area contributed by atoms with Gasteiger partial charge in [-0.15, -0.1) is 0 Å². The van der Waals surface area contributed by atoms with Crippen LogP contribution in [-0.2, 0) is 9.47 Å². The Labute approximate surface area is 99.9 Å². The van der Waals surface area contributed by atoms with Gasteiger partial charge in [0, 0.05) is 6.61 Å². The average Bonchev–Trinajstić information content (AvgIpc) is 2.79. The number of hydrogen-bond donors (Lipinski definition) is 1. The summed E-state index contributed by atoms with van der Waals surface area (Å²) in [5.41, 5.74) is 0. The van der Waals surface area contributed by atoms with Crippen LogP contribution in [0.5, 0.6) is 0 Å². The lowest BCUT2D eigenvalue weighted by Gasteiger charge is -2.16. The van der Waals surface area contributed by atoms with Gasteiger partial charge in [-0.2, -0.15) is 0 Å². The smallest absolute Gasteiger partial charge is 0.0809 e. The minimum absolute atomic E-state index is 0.362. The van der Waals surface area contributed by atoms with Gasteiger partial charge in [-0.25, -0.2) is 0 Å². The largest absolute Gasteiger partial charge is 0.376 e. The van der Waals surface area contributed by atoms with E-state index >= 15 is 0 Å². The third-order valence-electron chi connectivity index (χ3n) is 2.98. The summed E-state index contributed by atoms with van der Waals surface area (Å²) in [6.45, 7) is 8.30. The molecule has 0 saturated carbocycles. The summed E-state index contributed by atoms with van der Waals surface area (Å²) < 4.78 is 11.3. The van der Waals surface area contributed by atoms with Crippen molar-refractivity contribution in [2.45, 2.75) is 58.2 Å². The van der Waals surface area contributed by atoms with Crippen LogP contribution in [0.2, 0.25) is 0 Å². The van der Waals surface area contributed by atoms with Crippen molar-refractivity contribution in [2.24, 2.45) is 0 Å². The lowest BCUT2D eigenvalue weighted by Crippen LogP contribution is -2.21. The molecule has 3 heteroatoms. The quantitative estimate of drug-likeness (QED) is 0.616. The van der Waals surface area contributed by atoms with Gasteiger partial charge in [0.2, 0.25) is 0 Å². The van der Waals surface area contributed by atoms with Crippen molar-refractivity contribution in [3.05, 3.63) is 0 Å². The zero-order valence-corrected chi connectivity index (χ0v) is 10.8. The van der Waals surface area contributed by atoms with E-state index in [0.717, 1.165) is 32.7 Å². The molecule has 16 heavy (non-hydrogen) atoms. The number of nitrogens with one attached hydrogen (secondary N) is 1. The second-order valence-corrected chi connectivity index (χ2v) is 4.67. The fraction of sp³-hybridized carbons (Fsp3) is 1.00. The Bertz CT molecular complexity index is 158. The number of ether oxygens (including phenoxy) is 2. The van der Waals surface area contributed by atoms with Crippen LogP contribution in [0.4, 0.5) is 0 Å². The fourth-order valence-corrected chi connectivity index (χ4v) is 1.95. The topological polar surface area (TPSA) is 30.5 Å². The molecule has 1 N–H and O–H groups in total. The molecule has 0 bridgehead atoms. The first-order chi connectivity index (χ1) is 7.83. The van der Waals surface area contributed by atoms with E-state index in [1.165, 1.54) is 25.7 Å². The Morgan fingerprint density at radius 1 is 1.44 bits per heavy atom. The minimum atomic E-state index is 0.362. The first-order valence-electron chi connectivity index (χ1n) is 6.77. The van der Waals surface area contributed by atoms with Crippen LogP contribution in [0.15, 0.2) is 0 Å². The van der Waals surface area contributed by atoms with Crippen LogP contribution < -0.4 is 5.32 Å². The van der Waals surface area contributed by atoms with Crippen LogP contribution in [-0.4, -0.2) is 38.5 Å². The Morgan fingerprint density at radius 3 is 3.00 bits per heavy atom. The minimum Gasteiger partial charge on any atom is -0.376 e. The highest BCUT2D eigenvalue weighted by Gasteiger charge is 2.16. The number of rotatable bonds is 9. The fourth-order valence-electron chi connectivity index (χ4n) is 1.95. The van der Waals surface area contributed by atoms with Gasteiger partial charge in [0.05, 0.1) is 18.8 Å². The molecule has 2 atom stereocenters. The van der Waals surface area contributed by atoms with Crippen LogP contribution in [0.1, 0.15) is 46.0 Å². The summed E-state index contributed by atoms with van der Waals surface area (Å²) in [6.07, 6.45) is 6.66. The van der Waals surface area contributed by atoms with Gasteiger partial charge < -0.3 is 14.8 Å². The lowest BCUT2D eigenvalue weighted by atomic mass is 10.2. The SMILES string of the molecule is CCCNCCCC(C)OCC1CCCO1. The maximum atomic E-state index is 5.78. The summed E-state index contributed by atoms with van der Waals surface area (Å²) >= 11 is 0. The zero-order valence-electron chi connectivity index (χ0n) is 10.8. The third-order valence-corrected chi connectivity index (χ3v) is 2.98. The highest BCUT2D eigenvalue weighted by atomic mass is 16.5. The van der Waals surface area contributed by atoms with Crippen molar-refractivity contribution in [3.63, 3.8) is 0 Å². The second-order valence-electron chi connectivity index (χ2n) is 4.67. The molecule has 1 aliphatic rings. The molecule has 0 aromatic heterocycles. The Balaban J connectivity index is 1.87. The van der Waals surface area contributed by atoms with Gasteiger partial charge in [0.15, 0.2) is 0 Å². The molecule has 96 valence electrons. The Hall–Kier alpha value is -0.120. The molecule has 1 fully saturated rings. The summed E-state index contributed by atoms with van der Waals surface area (Å²) in [6, 6.07) is 0. The van der Waals surface area contributed by atoms with E-state index in [0.29, 0.717) is 12.2 Å². The highest BCUT2D eigenvalue weighted by Crippen LogP contribution is 2.13. The van der Waals surface area contributed by atoms with Crippen molar-refractivity contribution < 1.29 is 9.47 Å². The molecule has 0 spiro atoms. The van der Waals surface area contributed by atoms with Crippen molar-refractivity contribution >= 4 is 0 Å². The van der Waals surface area contributed by atoms with Gasteiger partial charge in [0.1, 0.15) is 0 Å². The van der Waals surface area contributed by atoms with Gasteiger partial charge in [0.25, 0.3) is 0 Å². The van der Waals surface area contributed by atoms with Gasteiger partial charge in [-0.05, 0) is 52.1 Å². The first kappa shape index (κ1) is 13.9. The molecule has 0 amide bonds. The van der Waals surface area contributed by atoms with E-state index in [2.05, 4.69) is 19.2 Å². The van der Waals surface area contributed by atoms with Crippen LogP contribution in [0, 0.1) is 0 Å². The van der Waals surface area contributed by atoms with Crippen LogP contribution in [0.25, 0.3) is 0 Å². The van der Waals surface area contributed by atoms with Gasteiger partial charge in [-0.1, -0.05) is 6.92 Å². The van der Waals surface area contributed by atoms with Crippen molar-refractivity contribution in [1.82, 2.24) is 5.32 Å². The van der Waals surface area contributed by atoms with E-state index < -0.39 is 0 Å². The normalized spacial score (nSPS) is 22.5. The van der Waals surface area contributed by atoms with Crippen LogP contribution in [0.3, 0.4) is 0 Å².